The Morgan fingerprint density at radius 3 is 2.80 bits per heavy atom. The number of hydrogen-bond donors (Lipinski definition) is 3. The lowest BCUT2D eigenvalue weighted by Gasteiger charge is -2.12. The van der Waals surface area contributed by atoms with E-state index in [0.29, 0.717) is 6.42 Å². The number of hydrogen-bond acceptors (Lipinski definition) is 7. The standard InChI is InChI=1S/C10H16N4O4S2/c11-14-9-2-1-4-12-10(9)20(17,18)13-6-8-3-5-19(15,16)7-8/h1-2,4,8,13-14H,3,5-7,11H2. The van der Waals surface area contributed by atoms with Crippen molar-refractivity contribution in [3.63, 3.8) is 0 Å². The quantitative estimate of drug-likeness (QED) is 0.472. The number of nitrogens with zero attached hydrogens (tertiary/aromatic N) is 1. The molecule has 0 bridgehead atoms. The SMILES string of the molecule is NNc1cccnc1S(=O)(=O)NCC1CCS(=O)(=O)C1. The van der Waals surface area contributed by atoms with Gasteiger partial charge in [-0.2, -0.15) is 0 Å². The Morgan fingerprint density at radius 1 is 1.45 bits per heavy atom. The van der Waals surface area contributed by atoms with Gasteiger partial charge in [-0.05, 0) is 24.5 Å². The number of sulfone groups is 1. The Balaban J connectivity index is 2.08. The van der Waals surface area contributed by atoms with E-state index >= 15 is 0 Å². The highest BCUT2D eigenvalue weighted by atomic mass is 32.2. The third kappa shape index (κ3) is 3.45. The first kappa shape index (κ1) is 15.2. The zero-order valence-corrected chi connectivity index (χ0v) is 12.2. The van der Waals surface area contributed by atoms with Gasteiger partial charge in [0.05, 0.1) is 17.2 Å². The van der Waals surface area contributed by atoms with Gasteiger partial charge in [0.25, 0.3) is 10.0 Å². The number of hydrazine groups is 1. The number of aromatic nitrogens is 1. The highest BCUT2D eigenvalue weighted by molar-refractivity contribution is 7.91. The van der Waals surface area contributed by atoms with Gasteiger partial charge in [-0.15, -0.1) is 0 Å². The predicted octanol–water partition coefficient (Wildman–Crippen LogP) is -0.920. The van der Waals surface area contributed by atoms with Gasteiger partial charge in [-0.3, -0.25) is 5.84 Å². The lowest BCUT2D eigenvalue weighted by molar-refractivity contribution is 0.541. The van der Waals surface area contributed by atoms with Gasteiger partial charge in [-0.25, -0.2) is 26.5 Å². The molecule has 0 spiro atoms. The van der Waals surface area contributed by atoms with Crippen molar-refractivity contribution in [3.8, 4) is 0 Å². The lowest BCUT2D eigenvalue weighted by Crippen LogP contribution is -2.31. The van der Waals surface area contributed by atoms with Gasteiger partial charge >= 0.3 is 0 Å². The summed E-state index contributed by atoms with van der Waals surface area (Å²) < 4.78 is 49.2. The number of pyridine rings is 1. The second-order valence-electron chi connectivity index (χ2n) is 4.62. The van der Waals surface area contributed by atoms with Crippen molar-refractivity contribution in [1.82, 2.24) is 9.71 Å². The van der Waals surface area contributed by atoms with Crippen LogP contribution in [0, 0.1) is 5.92 Å². The van der Waals surface area contributed by atoms with Gasteiger partial charge in [0.15, 0.2) is 14.9 Å². The molecule has 2 heterocycles. The van der Waals surface area contributed by atoms with Crippen LogP contribution < -0.4 is 16.0 Å². The van der Waals surface area contributed by atoms with Crippen LogP contribution in [0.5, 0.6) is 0 Å². The zero-order chi connectivity index (χ0) is 14.8. The fourth-order valence-corrected chi connectivity index (χ4v) is 5.11. The van der Waals surface area contributed by atoms with Crippen molar-refractivity contribution < 1.29 is 16.8 Å². The molecule has 1 aliphatic heterocycles. The molecule has 0 aromatic carbocycles. The van der Waals surface area contributed by atoms with Gasteiger partial charge in [0.1, 0.15) is 0 Å². The summed E-state index contributed by atoms with van der Waals surface area (Å²) in [6, 6.07) is 3.04. The van der Waals surface area contributed by atoms with Crippen LogP contribution in [0.25, 0.3) is 0 Å². The first-order valence-corrected chi connectivity index (χ1v) is 9.26. The molecule has 1 aliphatic rings. The van der Waals surface area contributed by atoms with Gasteiger partial charge in [-0.1, -0.05) is 0 Å². The minimum absolute atomic E-state index is 0.0136. The van der Waals surface area contributed by atoms with E-state index in [2.05, 4.69) is 15.1 Å². The molecule has 2 rings (SSSR count). The summed E-state index contributed by atoms with van der Waals surface area (Å²) in [6.07, 6.45) is 1.81. The molecule has 1 aromatic heterocycles. The first-order valence-electron chi connectivity index (χ1n) is 5.96. The molecule has 20 heavy (non-hydrogen) atoms. The van der Waals surface area contributed by atoms with E-state index in [1.807, 2.05) is 0 Å². The predicted molar refractivity (Wildman–Crippen MR) is 74.0 cm³/mol. The fourth-order valence-electron chi connectivity index (χ4n) is 2.04. The maximum Gasteiger partial charge on any atom is 0.260 e. The van der Waals surface area contributed by atoms with E-state index in [1.54, 1.807) is 6.07 Å². The summed E-state index contributed by atoms with van der Waals surface area (Å²) in [7, 11) is -6.85. The third-order valence-electron chi connectivity index (χ3n) is 3.07. The monoisotopic (exact) mass is 320 g/mol. The van der Waals surface area contributed by atoms with Crippen LogP contribution >= 0.6 is 0 Å². The highest BCUT2D eigenvalue weighted by Crippen LogP contribution is 2.20. The molecule has 0 radical (unpaired) electrons. The normalized spacial score (nSPS) is 21.8. The zero-order valence-electron chi connectivity index (χ0n) is 10.6. The average Bonchev–Trinajstić information content (AvgIpc) is 2.76. The van der Waals surface area contributed by atoms with Crippen LogP contribution in [-0.4, -0.2) is 39.9 Å². The van der Waals surface area contributed by atoms with E-state index in [0.717, 1.165) is 0 Å². The molecule has 0 amide bonds. The molecule has 0 saturated carbocycles. The van der Waals surface area contributed by atoms with Crippen LogP contribution in [0.4, 0.5) is 5.69 Å². The van der Waals surface area contributed by atoms with Crippen LogP contribution in [0.2, 0.25) is 0 Å². The minimum Gasteiger partial charge on any atom is -0.321 e. The van der Waals surface area contributed by atoms with Crippen molar-refractivity contribution in [2.24, 2.45) is 11.8 Å². The van der Waals surface area contributed by atoms with Gasteiger partial charge in [0, 0.05) is 12.7 Å². The molecule has 10 heteroatoms. The van der Waals surface area contributed by atoms with E-state index in [1.165, 1.54) is 12.3 Å². The summed E-state index contributed by atoms with van der Waals surface area (Å²) in [5.74, 6) is 5.16. The Labute approximate surface area is 117 Å². The van der Waals surface area contributed by atoms with E-state index in [-0.39, 0.29) is 34.7 Å². The largest absolute Gasteiger partial charge is 0.321 e. The van der Waals surface area contributed by atoms with Crippen LogP contribution in [0.15, 0.2) is 23.4 Å². The topological polar surface area (TPSA) is 131 Å². The number of nitrogens with one attached hydrogen (secondary N) is 2. The summed E-state index contributed by atoms with van der Waals surface area (Å²) in [5, 5.41) is -0.205. The van der Waals surface area contributed by atoms with Crippen molar-refractivity contribution in [1.29, 1.82) is 0 Å². The average molecular weight is 320 g/mol. The molecular formula is C10H16N4O4S2. The van der Waals surface area contributed by atoms with Crippen LogP contribution in [0.3, 0.4) is 0 Å². The maximum absolute atomic E-state index is 12.1. The number of anilines is 1. The summed E-state index contributed by atoms with van der Waals surface area (Å²) in [5.41, 5.74) is 2.44. The number of nitrogen functional groups attached to an aromatic ring is 1. The summed E-state index contributed by atoms with van der Waals surface area (Å²) >= 11 is 0. The first-order chi connectivity index (χ1) is 9.34. The lowest BCUT2D eigenvalue weighted by atomic mass is 10.1. The molecule has 8 nitrogen and oxygen atoms in total. The minimum atomic E-state index is -3.83. The fraction of sp³-hybridized carbons (Fsp3) is 0.500. The molecule has 1 saturated heterocycles. The smallest absolute Gasteiger partial charge is 0.260 e. The second-order valence-corrected chi connectivity index (χ2v) is 8.53. The summed E-state index contributed by atoms with van der Waals surface area (Å²) in [4.78, 5) is 3.78. The Hall–Kier alpha value is -1.23. The van der Waals surface area contributed by atoms with Crippen LogP contribution in [0.1, 0.15) is 6.42 Å². The highest BCUT2D eigenvalue weighted by Gasteiger charge is 2.29. The van der Waals surface area contributed by atoms with E-state index in [4.69, 9.17) is 5.84 Å². The van der Waals surface area contributed by atoms with Crippen molar-refractivity contribution >= 4 is 25.5 Å². The molecule has 1 atom stereocenters. The molecule has 4 N–H and O–H groups in total. The van der Waals surface area contributed by atoms with Crippen LogP contribution in [-0.2, 0) is 19.9 Å². The third-order valence-corrected chi connectivity index (χ3v) is 6.29. The number of sulfonamides is 1. The van der Waals surface area contributed by atoms with Crippen molar-refractivity contribution in [2.75, 3.05) is 23.5 Å². The van der Waals surface area contributed by atoms with Crippen molar-refractivity contribution in [3.05, 3.63) is 18.3 Å². The molecule has 1 fully saturated rings. The Morgan fingerprint density at radius 2 is 2.20 bits per heavy atom. The van der Waals surface area contributed by atoms with Crippen molar-refractivity contribution in [2.45, 2.75) is 11.4 Å². The maximum atomic E-state index is 12.1. The molecular weight excluding hydrogens is 304 g/mol. The molecule has 1 unspecified atom stereocenters. The molecule has 112 valence electrons. The second kappa shape index (κ2) is 5.64. The summed E-state index contributed by atoms with van der Waals surface area (Å²) in [6.45, 7) is 0.0716. The Kier molecular flexibility index (Phi) is 4.28. The van der Waals surface area contributed by atoms with E-state index in [9.17, 15) is 16.8 Å². The molecule has 1 aromatic rings. The van der Waals surface area contributed by atoms with Gasteiger partial charge < -0.3 is 5.43 Å². The van der Waals surface area contributed by atoms with E-state index < -0.39 is 19.9 Å². The molecule has 0 aliphatic carbocycles. The number of rotatable bonds is 5. The Bertz CT molecular complexity index is 687. The van der Waals surface area contributed by atoms with Gasteiger partial charge in [0.2, 0.25) is 0 Å². The number of nitrogens with two attached hydrogens (primary N) is 1.